The number of terminal acetylenes is 1. The molecule has 1 N–H and O–H groups in total. The number of hydrogen-bond donors (Lipinski definition) is 1. The highest BCUT2D eigenvalue weighted by Crippen LogP contribution is 2.36. The molecule has 0 bridgehead atoms. The summed E-state index contributed by atoms with van der Waals surface area (Å²) < 4.78 is 36.3. The summed E-state index contributed by atoms with van der Waals surface area (Å²) in [6.07, 6.45) is -1.32. The summed E-state index contributed by atoms with van der Waals surface area (Å²) in [4.78, 5) is 53.1. The second kappa shape index (κ2) is 13.6. The molecule has 0 radical (unpaired) electrons. The number of hydrogen-bond acceptors (Lipinski definition) is 11. The molecule has 258 valence electrons. The predicted molar refractivity (Wildman–Crippen MR) is 172 cm³/mol. The average molecular weight is 657 g/mol. The van der Waals surface area contributed by atoms with Crippen LogP contribution in [0.2, 0.25) is 0 Å². The number of carbonyl (C=O) groups is 4. The Morgan fingerprint density at radius 1 is 0.766 bits per heavy atom. The van der Waals surface area contributed by atoms with E-state index in [9.17, 15) is 19.2 Å². The third-order valence-electron chi connectivity index (χ3n) is 7.09. The van der Waals surface area contributed by atoms with Crippen LogP contribution >= 0.6 is 0 Å². The van der Waals surface area contributed by atoms with E-state index in [1.807, 2.05) is 0 Å². The standard InChI is InChI=1S/C35H48N2O10/c1-14-19-16-15-17-20-22(19)26(37-36-20)47-27-25(46-31(41)35(11,12)13)24(45-30(40)34(8,9)10)23(44-29(39)33(5,6)7)21(43-27)18-42-28(38)32(2,3)4/h1,15-17,21,23-25,27H,18H2,2-13H3,(H,36,37)/t21-,23-,24+,25-,27?/m1/s1. The molecule has 0 spiro atoms. The molecule has 1 aliphatic rings. The van der Waals surface area contributed by atoms with E-state index in [4.69, 9.17) is 34.8 Å². The SMILES string of the molecule is C#Cc1cccc2[nH]nc(OC3O[C@H](COC(=O)C(C)(C)C)[C@@H](OC(=O)C(C)(C)C)[C@H](OC(=O)C(C)(C)C)[C@H]3OC(=O)C(C)(C)C)c12. The van der Waals surface area contributed by atoms with Crippen molar-refractivity contribution in [2.45, 2.75) is 114 Å². The van der Waals surface area contributed by atoms with Crippen molar-refractivity contribution in [2.24, 2.45) is 21.7 Å². The highest BCUT2D eigenvalue weighted by molar-refractivity contribution is 5.90. The summed E-state index contributed by atoms with van der Waals surface area (Å²) >= 11 is 0. The van der Waals surface area contributed by atoms with Gasteiger partial charge in [0.2, 0.25) is 18.3 Å². The molecule has 1 fully saturated rings. The maximum atomic E-state index is 13.5. The molecular formula is C35H48N2O10. The molecule has 1 saturated heterocycles. The lowest BCUT2D eigenvalue weighted by Crippen LogP contribution is -2.65. The van der Waals surface area contributed by atoms with Gasteiger partial charge in [0.25, 0.3) is 0 Å². The fraction of sp³-hybridized carbons (Fsp3) is 0.629. The van der Waals surface area contributed by atoms with Crippen LogP contribution in [0.4, 0.5) is 0 Å². The first kappa shape index (κ1) is 37.3. The smallest absolute Gasteiger partial charge is 0.311 e. The summed E-state index contributed by atoms with van der Waals surface area (Å²) in [6.45, 7) is 19.5. The van der Waals surface area contributed by atoms with Crippen LogP contribution < -0.4 is 4.74 Å². The highest BCUT2D eigenvalue weighted by Gasteiger charge is 2.56. The number of nitrogens with zero attached hydrogens (tertiary/aromatic N) is 1. The summed E-state index contributed by atoms with van der Waals surface area (Å²) in [5, 5.41) is 7.59. The number of fused-ring (bicyclic) bond motifs is 1. The van der Waals surface area contributed by atoms with Crippen LogP contribution in [-0.2, 0) is 42.9 Å². The Hall–Kier alpha value is -4.11. The maximum absolute atomic E-state index is 13.5. The minimum absolute atomic E-state index is 0.0202. The molecule has 1 aromatic carbocycles. The number of nitrogens with one attached hydrogen (secondary N) is 1. The van der Waals surface area contributed by atoms with Crippen LogP contribution in [0.15, 0.2) is 18.2 Å². The first-order valence-electron chi connectivity index (χ1n) is 15.5. The third kappa shape index (κ3) is 9.04. The molecule has 1 aromatic heterocycles. The molecule has 1 aliphatic heterocycles. The van der Waals surface area contributed by atoms with Gasteiger partial charge in [-0.1, -0.05) is 12.0 Å². The van der Waals surface area contributed by atoms with Gasteiger partial charge >= 0.3 is 23.9 Å². The Bertz CT molecular complexity index is 1520. The largest absolute Gasteiger partial charge is 0.462 e. The second-order valence-electron chi connectivity index (χ2n) is 15.8. The number of ether oxygens (including phenoxy) is 6. The quantitative estimate of drug-likeness (QED) is 0.240. The van der Waals surface area contributed by atoms with Gasteiger partial charge in [0, 0.05) is 5.56 Å². The van der Waals surface area contributed by atoms with Crippen molar-refractivity contribution in [3.63, 3.8) is 0 Å². The molecule has 2 aromatic rings. The lowest BCUT2D eigenvalue weighted by atomic mass is 9.93. The molecule has 12 heteroatoms. The number of aromatic nitrogens is 2. The highest BCUT2D eigenvalue weighted by atomic mass is 16.7. The number of benzene rings is 1. The molecule has 12 nitrogen and oxygen atoms in total. The van der Waals surface area contributed by atoms with Crippen molar-refractivity contribution in [2.75, 3.05) is 6.61 Å². The molecule has 47 heavy (non-hydrogen) atoms. The van der Waals surface area contributed by atoms with Crippen LogP contribution in [-0.4, -0.2) is 71.4 Å². The van der Waals surface area contributed by atoms with Crippen LogP contribution in [0.1, 0.15) is 88.6 Å². The molecule has 0 aliphatic carbocycles. The van der Waals surface area contributed by atoms with Crippen LogP contribution in [0.25, 0.3) is 10.9 Å². The van der Waals surface area contributed by atoms with Gasteiger partial charge in [0.05, 0.1) is 32.6 Å². The van der Waals surface area contributed by atoms with E-state index >= 15 is 0 Å². The molecule has 2 heterocycles. The van der Waals surface area contributed by atoms with Gasteiger partial charge in [-0.2, -0.15) is 0 Å². The number of rotatable bonds is 7. The first-order valence-corrected chi connectivity index (χ1v) is 15.5. The Morgan fingerprint density at radius 3 is 1.74 bits per heavy atom. The van der Waals surface area contributed by atoms with E-state index < -0.39 is 82.8 Å². The van der Waals surface area contributed by atoms with Gasteiger partial charge in [-0.25, -0.2) is 0 Å². The second-order valence-corrected chi connectivity index (χ2v) is 15.8. The molecular weight excluding hydrogens is 608 g/mol. The number of H-pyrrole nitrogens is 1. The fourth-order valence-corrected chi connectivity index (χ4v) is 4.14. The minimum atomic E-state index is -1.50. The van der Waals surface area contributed by atoms with Gasteiger partial charge in [0.15, 0.2) is 12.2 Å². The van der Waals surface area contributed by atoms with Crippen LogP contribution in [0.5, 0.6) is 5.88 Å². The van der Waals surface area contributed by atoms with Crippen molar-refractivity contribution >= 4 is 34.8 Å². The van der Waals surface area contributed by atoms with Crippen molar-refractivity contribution < 1.29 is 47.6 Å². The van der Waals surface area contributed by atoms with Crippen molar-refractivity contribution in [3.8, 4) is 18.2 Å². The zero-order valence-electron chi connectivity index (χ0n) is 29.4. The van der Waals surface area contributed by atoms with Crippen molar-refractivity contribution in [3.05, 3.63) is 23.8 Å². The maximum Gasteiger partial charge on any atom is 0.311 e. The summed E-state index contributed by atoms with van der Waals surface area (Å²) in [5.41, 5.74) is -2.85. The van der Waals surface area contributed by atoms with E-state index in [0.29, 0.717) is 16.5 Å². The van der Waals surface area contributed by atoms with Gasteiger partial charge in [-0.3, -0.25) is 24.3 Å². The van der Waals surface area contributed by atoms with Gasteiger partial charge in [0.1, 0.15) is 12.7 Å². The van der Waals surface area contributed by atoms with Crippen LogP contribution in [0, 0.1) is 34.0 Å². The fourth-order valence-electron chi connectivity index (χ4n) is 4.14. The van der Waals surface area contributed by atoms with Gasteiger partial charge < -0.3 is 28.4 Å². The summed E-state index contributed by atoms with van der Waals surface area (Å²) in [6, 6.07) is 5.20. The van der Waals surface area contributed by atoms with Crippen molar-refractivity contribution in [1.82, 2.24) is 10.2 Å². The minimum Gasteiger partial charge on any atom is -0.462 e. The Kier molecular flexibility index (Phi) is 10.8. The van der Waals surface area contributed by atoms with E-state index in [-0.39, 0.29) is 5.88 Å². The molecule has 0 saturated carbocycles. The van der Waals surface area contributed by atoms with Gasteiger partial charge in [-0.05, 0) is 95.2 Å². The van der Waals surface area contributed by atoms with Crippen molar-refractivity contribution in [1.29, 1.82) is 0 Å². The summed E-state index contributed by atoms with van der Waals surface area (Å²) in [5.74, 6) is 0.0485. The molecule has 5 atom stereocenters. The molecule has 1 unspecified atom stereocenters. The first-order chi connectivity index (χ1) is 21.4. The molecule has 3 rings (SSSR count). The normalized spacial score (nSPS) is 22.1. The monoisotopic (exact) mass is 656 g/mol. The number of aromatic amines is 1. The van der Waals surface area contributed by atoms with E-state index in [1.54, 1.807) is 101 Å². The zero-order valence-corrected chi connectivity index (χ0v) is 29.4. The lowest BCUT2D eigenvalue weighted by Gasteiger charge is -2.45. The van der Waals surface area contributed by atoms with E-state index in [1.165, 1.54) is 0 Å². The topological polar surface area (TPSA) is 152 Å². The van der Waals surface area contributed by atoms with Crippen LogP contribution in [0.3, 0.4) is 0 Å². The summed E-state index contributed by atoms with van der Waals surface area (Å²) in [7, 11) is 0. The van der Waals surface area contributed by atoms with Gasteiger partial charge in [-0.15, -0.1) is 11.5 Å². The third-order valence-corrected chi connectivity index (χ3v) is 7.09. The zero-order chi connectivity index (χ0) is 35.7. The molecule has 0 amide bonds. The average Bonchev–Trinajstić information content (AvgIpc) is 3.35. The lowest BCUT2D eigenvalue weighted by molar-refractivity contribution is -0.294. The van der Waals surface area contributed by atoms with E-state index in [0.717, 1.165) is 0 Å². The Morgan fingerprint density at radius 2 is 1.26 bits per heavy atom. The number of carbonyl (C=O) groups excluding carboxylic acids is 4. The Labute approximate surface area is 276 Å². The Balaban J connectivity index is 2.22. The van der Waals surface area contributed by atoms with E-state index in [2.05, 4.69) is 16.1 Å². The number of esters is 4. The predicted octanol–water partition coefficient (Wildman–Crippen LogP) is 5.11.